The minimum Gasteiger partial charge on any atom is -0.357 e. The lowest BCUT2D eigenvalue weighted by atomic mass is 9.73. The summed E-state index contributed by atoms with van der Waals surface area (Å²) >= 11 is 0. The lowest BCUT2D eigenvalue weighted by Crippen LogP contribution is -2.54. The molecule has 2 aromatic rings. The van der Waals surface area contributed by atoms with Crippen LogP contribution >= 0.6 is 0 Å². The third-order valence-electron chi connectivity index (χ3n) is 5.71. The summed E-state index contributed by atoms with van der Waals surface area (Å²) < 4.78 is 0. The molecular formula is C20H25N5O2. The number of likely N-dealkylation sites (tertiary alicyclic amines) is 2. The van der Waals surface area contributed by atoms with E-state index in [9.17, 15) is 9.59 Å². The van der Waals surface area contributed by atoms with E-state index in [1.165, 1.54) is 0 Å². The van der Waals surface area contributed by atoms with Gasteiger partial charge in [0.25, 0.3) is 5.91 Å². The highest BCUT2D eigenvalue weighted by molar-refractivity contribution is 5.92. The molecule has 2 amide bonds. The summed E-state index contributed by atoms with van der Waals surface area (Å²) in [6.07, 6.45) is 8.64. The van der Waals surface area contributed by atoms with Gasteiger partial charge in [0.1, 0.15) is 5.69 Å². The largest absolute Gasteiger partial charge is 0.357 e. The van der Waals surface area contributed by atoms with Gasteiger partial charge in [0.15, 0.2) is 0 Å². The number of carbonyl (C=O) groups is 2. The lowest BCUT2D eigenvalue weighted by molar-refractivity contribution is -0.139. The minimum absolute atomic E-state index is 0.0213. The predicted molar refractivity (Wildman–Crippen MR) is 99.8 cm³/mol. The molecule has 7 nitrogen and oxygen atoms in total. The molecule has 2 fully saturated rings. The van der Waals surface area contributed by atoms with Crippen LogP contribution < -0.4 is 0 Å². The number of nitrogens with zero attached hydrogens (tertiary/aromatic N) is 4. The van der Waals surface area contributed by atoms with Crippen molar-refractivity contribution in [1.82, 2.24) is 24.8 Å². The fourth-order valence-corrected chi connectivity index (χ4v) is 4.29. The van der Waals surface area contributed by atoms with Crippen LogP contribution in [0.2, 0.25) is 0 Å². The molecule has 1 N–H and O–H groups in total. The molecule has 2 saturated heterocycles. The summed E-state index contributed by atoms with van der Waals surface area (Å²) in [5.74, 6) is 0.211. The van der Waals surface area contributed by atoms with Gasteiger partial charge in [0.05, 0.1) is 24.1 Å². The van der Waals surface area contributed by atoms with E-state index in [4.69, 9.17) is 0 Å². The molecule has 2 aliphatic rings. The molecule has 142 valence electrons. The van der Waals surface area contributed by atoms with Gasteiger partial charge in [-0.3, -0.25) is 19.6 Å². The van der Waals surface area contributed by atoms with Crippen molar-refractivity contribution in [2.75, 3.05) is 19.6 Å². The Labute approximate surface area is 158 Å². The first kappa shape index (κ1) is 17.7. The third kappa shape index (κ3) is 3.72. The van der Waals surface area contributed by atoms with Crippen molar-refractivity contribution >= 4 is 11.8 Å². The monoisotopic (exact) mass is 367 g/mol. The maximum atomic E-state index is 12.8. The zero-order valence-corrected chi connectivity index (χ0v) is 15.6. The summed E-state index contributed by atoms with van der Waals surface area (Å²) in [6.45, 7) is 4.54. The molecule has 0 radical (unpaired) electrons. The number of aryl methyl sites for hydroxylation is 1. The zero-order valence-electron chi connectivity index (χ0n) is 15.6. The molecule has 7 heteroatoms. The quantitative estimate of drug-likeness (QED) is 0.901. The van der Waals surface area contributed by atoms with Gasteiger partial charge < -0.3 is 14.8 Å². The number of carbonyl (C=O) groups excluding carboxylic acids is 2. The van der Waals surface area contributed by atoms with E-state index in [0.717, 1.165) is 37.2 Å². The molecule has 0 bridgehead atoms. The van der Waals surface area contributed by atoms with Gasteiger partial charge in [-0.05, 0) is 38.3 Å². The normalized spacial score (nSPS) is 23.1. The second-order valence-corrected chi connectivity index (χ2v) is 7.81. The maximum Gasteiger partial charge on any atom is 0.270 e. The van der Waals surface area contributed by atoms with Crippen LogP contribution in [0.4, 0.5) is 0 Å². The zero-order chi connectivity index (χ0) is 18.9. The molecule has 27 heavy (non-hydrogen) atoms. The van der Waals surface area contributed by atoms with Crippen LogP contribution in [-0.2, 0) is 11.3 Å². The highest BCUT2D eigenvalue weighted by atomic mass is 16.2. The Kier molecular flexibility index (Phi) is 4.68. The number of amides is 2. The topological polar surface area (TPSA) is 82.2 Å². The van der Waals surface area contributed by atoms with E-state index in [1.807, 2.05) is 28.9 Å². The molecule has 4 heterocycles. The highest BCUT2D eigenvalue weighted by Gasteiger charge is 2.43. The standard InChI is InChI=1S/C20H25N5O2/c1-15-10-23-16(11-22-15)12-25-14-20(7-5-18(25)26)6-3-9-24(13-20)19(27)17-4-2-8-21-17/h2,4,8,10-11,21H,3,5-7,9,12-14H2,1H3. The van der Waals surface area contributed by atoms with Crippen LogP contribution in [0.15, 0.2) is 30.7 Å². The van der Waals surface area contributed by atoms with E-state index in [-0.39, 0.29) is 17.2 Å². The first-order valence-electron chi connectivity index (χ1n) is 9.53. The van der Waals surface area contributed by atoms with E-state index in [2.05, 4.69) is 15.0 Å². The number of H-pyrrole nitrogens is 1. The Bertz CT molecular complexity index is 817. The van der Waals surface area contributed by atoms with Crippen molar-refractivity contribution in [2.24, 2.45) is 5.41 Å². The Morgan fingerprint density at radius 1 is 1.26 bits per heavy atom. The average molecular weight is 367 g/mol. The number of rotatable bonds is 3. The summed E-state index contributed by atoms with van der Waals surface area (Å²) in [5, 5.41) is 0. The van der Waals surface area contributed by atoms with Gasteiger partial charge in [0.2, 0.25) is 5.91 Å². The second kappa shape index (κ2) is 7.13. The molecule has 1 atom stereocenters. The number of hydrogen-bond acceptors (Lipinski definition) is 4. The Balaban J connectivity index is 1.47. The smallest absolute Gasteiger partial charge is 0.270 e. The first-order chi connectivity index (χ1) is 13.0. The van der Waals surface area contributed by atoms with Gasteiger partial charge in [-0.1, -0.05) is 0 Å². The first-order valence-corrected chi connectivity index (χ1v) is 9.53. The molecular weight excluding hydrogens is 342 g/mol. The predicted octanol–water partition coefficient (Wildman–Crippen LogP) is 2.16. The van der Waals surface area contributed by atoms with Crippen LogP contribution in [0.3, 0.4) is 0 Å². The molecule has 1 spiro atoms. The van der Waals surface area contributed by atoms with Crippen molar-refractivity contribution in [3.05, 3.63) is 47.8 Å². The molecule has 1 unspecified atom stereocenters. The van der Waals surface area contributed by atoms with Gasteiger partial charge >= 0.3 is 0 Å². The number of aromatic amines is 1. The molecule has 0 aromatic carbocycles. The third-order valence-corrected chi connectivity index (χ3v) is 5.71. The number of aromatic nitrogens is 3. The van der Waals surface area contributed by atoms with Crippen molar-refractivity contribution in [3.8, 4) is 0 Å². The van der Waals surface area contributed by atoms with Crippen LogP contribution in [-0.4, -0.2) is 56.2 Å². The SMILES string of the molecule is Cc1cnc(CN2CC3(CCCN(C(=O)c4ccc[nH]4)C3)CCC2=O)cn1. The van der Waals surface area contributed by atoms with E-state index < -0.39 is 0 Å². The summed E-state index contributed by atoms with van der Waals surface area (Å²) in [4.78, 5) is 40.8. The van der Waals surface area contributed by atoms with Crippen LogP contribution in [0, 0.1) is 12.3 Å². The number of piperidine rings is 2. The van der Waals surface area contributed by atoms with Crippen molar-refractivity contribution in [3.63, 3.8) is 0 Å². The second-order valence-electron chi connectivity index (χ2n) is 7.81. The van der Waals surface area contributed by atoms with Crippen molar-refractivity contribution < 1.29 is 9.59 Å². The Morgan fingerprint density at radius 3 is 2.89 bits per heavy atom. The van der Waals surface area contributed by atoms with Gasteiger partial charge in [-0.15, -0.1) is 0 Å². The van der Waals surface area contributed by atoms with Crippen LogP contribution in [0.5, 0.6) is 0 Å². The molecule has 2 aromatic heterocycles. The molecule has 0 aliphatic carbocycles. The summed E-state index contributed by atoms with van der Waals surface area (Å²) in [7, 11) is 0. The fourth-order valence-electron chi connectivity index (χ4n) is 4.29. The molecule has 4 rings (SSSR count). The average Bonchev–Trinajstić information content (AvgIpc) is 3.21. The molecule has 0 saturated carbocycles. The number of nitrogens with one attached hydrogen (secondary N) is 1. The lowest BCUT2D eigenvalue weighted by Gasteiger charge is -2.48. The van der Waals surface area contributed by atoms with Crippen LogP contribution in [0.25, 0.3) is 0 Å². The van der Waals surface area contributed by atoms with Gasteiger partial charge in [0, 0.05) is 43.9 Å². The fraction of sp³-hybridized carbons (Fsp3) is 0.500. The van der Waals surface area contributed by atoms with Gasteiger partial charge in [-0.2, -0.15) is 0 Å². The highest BCUT2D eigenvalue weighted by Crippen LogP contribution is 2.39. The van der Waals surface area contributed by atoms with Crippen molar-refractivity contribution in [2.45, 2.75) is 39.2 Å². The van der Waals surface area contributed by atoms with E-state index in [0.29, 0.717) is 31.7 Å². The minimum atomic E-state index is -0.0213. The van der Waals surface area contributed by atoms with Crippen molar-refractivity contribution in [1.29, 1.82) is 0 Å². The molecule has 2 aliphatic heterocycles. The number of hydrogen-bond donors (Lipinski definition) is 1. The summed E-state index contributed by atoms with van der Waals surface area (Å²) in [5.41, 5.74) is 2.28. The summed E-state index contributed by atoms with van der Waals surface area (Å²) in [6, 6.07) is 3.66. The van der Waals surface area contributed by atoms with E-state index >= 15 is 0 Å². The van der Waals surface area contributed by atoms with Crippen LogP contribution in [0.1, 0.15) is 47.6 Å². The maximum absolute atomic E-state index is 12.8. The Morgan fingerprint density at radius 2 is 2.15 bits per heavy atom. The van der Waals surface area contributed by atoms with Gasteiger partial charge in [-0.25, -0.2) is 0 Å². The Hall–Kier alpha value is -2.70. The van der Waals surface area contributed by atoms with E-state index in [1.54, 1.807) is 18.6 Å².